The van der Waals surface area contributed by atoms with Crippen LogP contribution < -0.4 is 14.8 Å². The Morgan fingerprint density at radius 2 is 2.04 bits per heavy atom. The van der Waals surface area contributed by atoms with Gasteiger partial charge in [-0.2, -0.15) is 0 Å². The summed E-state index contributed by atoms with van der Waals surface area (Å²) in [4.78, 5) is 14.9. The predicted octanol–water partition coefficient (Wildman–Crippen LogP) is 3.36. The first kappa shape index (κ1) is 18.8. The number of carboxylic acid groups (broad SMARTS) is 1. The maximum atomic E-state index is 11.7. The Morgan fingerprint density at radius 3 is 2.78 bits per heavy atom. The Bertz CT molecular complexity index is 919. The minimum Gasteiger partial charge on any atom is -0.493 e. The zero-order valence-electron chi connectivity index (χ0n) is 15.5. The van der Waals surface area contributed by atoms with Crippen LogP contribution in [0, 0.1) is 0 Å². The number of ether oxygens (including phenoxy) is 2. The molecule has 0 spiro atoms. The molecule has 6 nitrogen and oxygen atoms in total. The molecule has 0 radical (unpaired) electrons. The van der Waals surface area contributed by atoms with Crippen molar-refractivity contribution in [3.63, 3.8) is 0 Å². The number of rotatable bonds is 9. The third kappa shape index (κ3) is 4.41. The molecule has 3 aromatic rings. The van der Waals surface area contributed by atoms with Crippen molar-refractivity contribution in [2.75, 3.05) is 13.7 Å². The van der Waals surface area contributed by atoms with Crippen molar-refractivity contribution in [1.29, 1.82) is 0 Å². The first-order valence-corrected chi connectivity index (χ1v) is 8.93. The van der Waals surface area contributed by atoms with Gasteiger partial charge >= 0.3 is 5.97 Å². The number of carboxylic acids is 1. The summed E-state index contributed by atoms with van der Waals surface area (Å²) < 4.78 is 10.9. The highest BCUT2D eigenvalue weighted by Gasteiger charge is 2.19. The van der Waals surface area contributed by atoms with Crippen LogP contribution in [0.1, 0.15) is 18.1 Å². The van der Waals surface area contributed by atoms with Gasteiger partial charge in [0, 0.05) is 30.1 Å². The highest BCUT2D eigenvalue weighted by molar-refractivity contribution is 5.84. The van der Waals surface area contributed by atoms with E-state index in [4.69, 9.17) is 9.47 Å². The molecule has 0 aliphatic carbocycles. The number of aromatic amines is 1. The molecule has 0 amide bonds. The Labute approximate surface area is 158 Å². The summed E-state index contributed by atoms with van der Waals surface area (Å²) in [5.41, 5.74) is 2.92. The van der Waals surface area contributed by atoms with Crippen LogP contribution in [0.3, 0.4) is 0 Å². The maximum Gasteiger partial charge on any atom is 0.321 e. The number of benzene rings is 2. The lowest BCUT2D eigenvalue weighted by molar-refractivity contribution is -0.139. The van der Waals surface area contributed by atoms with E-state index in [-0.39, 0.29) is 0 Å². The van der Waals surface area contributed by atoms with Crippen molar-refractivity contribution in [3.8, 4) is 11.5 Å². The number of hydrogen-bond acceptors (Lipinski definition) is 4. The average Bonchev–Trinajstić information content (AvgIpc) is 3.08. The molecule has 1 heterocycles. The number of fused-ring (bicyclic) bond motifs is 1. The highest BCUT2D eigenvalue weighted by atomic mass is 16.5. The van der Waals surface area contributed by atoms with Crippen LogP contribution in [-0.2, 0) is 17.8 Å². The molecule has 0 bridgehead atoms. The molecule has 6 heteroatoms. The largest absolute Gasteiger partial charge is 0.493 e. The van der Waals surface area contributed by atoms with E-state index < -0.39 is 12.0 Å². The molecule has 0 saturated heterocycles. The fourth-order valence-corrected chi connectivity index (χ4v) is 3.11. The van der Waals surface area contributed by atoms with Gasteiger partial charge in [0.15, 0.2) is 11.5 Å². The number of nitrogens with one attached hydrogen (secondary N) is 2. The molecule has 3 N–H and O–H groups in total. The topological polar surface area (TPSA) is 83.6 Å². The smallest absolute Gasteiger partial charge is 0.321 e. The van der Waals surface area contributed by atoms with Gasteiger partial charge < -0.3 is 24.9 Å². The van der Waals surface area contributed by atoms with Gasteiger partial charge in [0.2, 0.25) is 0 Å². The molecule has 0 aliphatic heterocycles. The summed E-state index contributed by atoms with van der Waals surface area (Å²) in [6, 6.07) is 12.8. The van der Waals surface area contributed by atoms with Crippen molar-refractivity contribution in [3.05, 3.63) is 59.8 Å². The minimum atomic E-state index is -0.876. The zero-order chi connectivity index (χ0) is 19.2. The lowest BCUT2D eigenvalue weighted by Crippen LogP contribution is -2.38. The first-order chi connectivity index (χ1) is 13.1. The molecular formula is C21H24N2O4. The molecule has 0 saturated carbocycles. The zero-order valence-corrected chi connectivity index (χ0v) is 15.5. The highest BCUT2D eigenvalue weighted by Crippen LogP contribution is 2.28. The number of aliphatic carboxylic acids is 1. The number of carbonyl (C=O) groups is 1. The van der Waals surface area contributed by atoms with E-state index in [0.717, 1.165) is 22.0 Å². The molecule has 27 heavy (non-hydrogen) atoms. The second-order valence-electron chi connectivity index (χ2n) is 6.25. The number of methoxy groups -OCH3 is 1. The van der Waals surface area contributed by atoms with Crippen LogP contribution in [0.4, 0.5) is 0 Å². The monoisotopic (exact) mass is 368 g/mol. The Kier molecular flexibility index (Phi) is 5.98. The van der Waals surface area contributed by atoms with Crippen LogP contribution in [0.2, 0.25) is 0 Å². The maximum absolute atomic E-state index is 11.7. The van der Waals surface area contributed by atoms with E-state index in [1.165, 1.54) is 0 Å². The van der Waals surface area contributed by atoms with Crippen LogP contribution in [0.5, 0.6) is 11.5 Å². The Balaban J connectivity index is 1.72. The molecule has 0 fully saturated rings. The normalized spacial score (nSPS) is 12.1. The lowest BCUT2D eigenvalue weighted by Gasteiger charge is -2.16. The molecule has 1 atom stereocenters. The third-order valence-corrected chi connectivity index (χ3v) is 4.48. The van der Waals surface area contributed by atoms with E-state index >= 15 is 0 Å². The van der Waals surface area contributed by atoms with E-state index in [1.54, 1.807) is 7.11 Å². The summed E-state index contributed by atoms with van der Waals surface area (Å²) in [5.74, 6) is 0.441. The van der Waals surface area contributed by atoms with E-state index in [0.29, 0.717) is 31.1 Å². The van der Waals surface area contributed by atoms with Gasteiger partial charge in [-0.3, -0.25) is 4.79 Å². The summed E-state index contributed by atoms with van der Waals surface area (Å²) in [5, 5.41) is 13.8. The van der Waals surface area contributed by atoms with Crippen LogP contribution >= 0.6 is 0 Å². The van der Waals surface area contributed by atoms with Gasteiger partial charge in [-0.05, 0) is 36.2 Å². The van der Waals surface area contributed by atoms with E-state index in [1.807, 2.05) is 55.6 Å². The van der Waals surface area contributed by atoms with Crippen LogP contribution in [-0.4, -0.2) is 35.8 Å². The predicted molar refractivity (Wildman–Crippen MR) is 104 cm³/mol. The summed E-state index contributed by atoms with van der Waals surface area (Å²) in [6.07, 6.45) is 2.27. The molecular weight excluding hydrogens is 344 g/mol. The van der Waals surface area contributed by atoms with Crippen molar-refractivity contribution >= 4 is 16.9 Å². The first-order valence-electron chi connectivity index (χ1n) is 8.93. The van der Waals surface area contributed by atoms with Gasteiger partial charge in [0.1, 0.15) is 6.04 Å². The second-order valence-corrected chi connectivity index (χ2v) is 6.25. The number of para-hydroxylation sites is 1. The molecule has 0 unspecified atom stereocenters. The van der Waals surface area contributed by atoms with Gasteiger partial charge in [-0.1, -0.05) is 24.3 Å². The van der Waals surface area contributed by atoms with Gasteiger partial charge in [0.25, 0.3) is 0 Å². The van der Waals surface area contributed by atoms with Crippen molar-refractivity contribution in [2.24, 2.45) is 0 Å². The molecule has 0 aliphatic rings. The average molecular weight is 368 g/mol. The summed E-state index contributed by atoms with van der Waals surface area (Å²) >= 11 is 0. The third-order valence-electron chi connectivity index (χ3n) is 4.48. The van der Waals surface area contributed by atoms with Crippen LogP contribution in [0.25, 0.3) is 10.9 Å². The Hall–Kier alpha value is -2.99. The van der Waals surface area contributed by atoms with E-state index in [2.05, 4.69) is 10.3 Å². The summed E-state index contributed by atoms with van der Waals surface area (Å²) in [6.45, 7) is 2.86. The Morgan fingerprint density at radius 1 is 1.22 bits per heavy atom. The summed E-state index contributed by atoms with van der Waals surface area (Å²) in [7, 11) is 1.59. The van der Waals surface area contributed by atoms with Crippen molar-refractivity contribution < 1.29 is 19.4 Å². The molecule has 2 aromatic carbocycles. The SMILES string of the molecule is CCOc1cc(CN[C@H](Cc2c[nH]c3ccccc23)C(=O)O)ccc1OC. The van der Waals surface area contributed by atoms with E-state index in [9.17, 15) is 9.90 Å². The molecule has 1 aromatic heterocycles. The quantitative estimate of drug-likeness (QED) is 0.539. The molecule has 3 rings (SSSR count). The molecule has 142 valence electrons. The number of hydrogen-bond donors (Lipinski definition) is 3. The standard InChI is InChI=1S/C21H24N2O4/c1-3-27-20-10-14(8-9-19(20)26-2)12-22-18(21(24)25)11-15-13-23-17-7-5-4-6-16(15)17/h4-10,13,18,22-23H,3,11-12H2,1-2H3,(H,24,25)/t18-/m1/s1. The van der Waals surface area contributed by atoms with Crippen molar-refractivity contribution in [1.82, 2.24) is 10.3 Å². The second kappa shape index (κ2) is 8.60. The van der Waals surface area contributed by atoms with Gasteiger partial charge in [0.05, 0.1) is 13.7 Å². The number of H-pyrrole nitrogens is 1. The number of aromatic nitrogens is 1. The van der Waals surface area contributed by atoms with Gasteiger partial charge in [-0.25, -0.2) is 0 Å². The fourth-order valence-electron chi connectivity index (χ4n) is 3.11. The van der Waals surface area contributed by atoms with Gasteiger partial charge in [-0.15, -0.1) is 0 Å². The van der Waals surface area contributed by atoms with Crippen LogP contribution in [0.15, 0.2) is 48.7 Å². The lowest BCUT2D eigenvalue weighted by atomic mass is 10.0. The fraction of sp³-hybridized carbons (Fsp3) is 0.286. The minimum absolute atomic E-state index is 0.397. The van der Waals surface area contributed by atoms with Crippen molar-refractivity contribution in [2.45, 2.75) is 25.9 Å².